The van der Waals surface area contributed by atoms with Crippen molar-refractivity contribution in [1.29, 1.82) is 0 Å². The molecule has 0 aliphatic heterocycles. The maximum absolute atomic E-state index is 2.33. The van der Waals surface area contributed by atoms with Crippen LogP contribution in [-0.4, -0.2) is 19.0 Å². The van der Waals surface area contributed by atoms with Crippen molar-refractivity contribution in [3.05, 3.63) is 59.2 Å². The molecule has 98 valence electrons. The highest BCUT2D eigenvalue weighted by atomic mass is 15.1. The van der Waals surface area contributed by atoms with Crippen LogP contribution < -0.4 is 0 Å². The number of nitrogens with zero attached hydrogens (tertiary/aromatic N) is 1. The van der Waals surface area contributed by atoms with E-state index in [0.29, 0.717) is 12.0 Å². The van der Waals surface area contributed by atoms with Crippen LogP contribution in [0.4, 0.5) is 0 Å². The Bertz CT molecular complexity index is 611. The Labute approximate surface area is 115 Å². The summed E-state index contributed by atoms with van der Waals surface area (Å²) < 4.78 is 0. The van der Waals surface area contributed by atoms with E-state index in [0.717, 1.165) is 0 Å². The van der Waals surface area contributed by atoms with Gasteiger partial charge in [-0.25, -0.2) is 0 Å². The monoisotopic (exact) mass is 251 g/mol. The van der Waals surface area contributed by atoms with E-state index < -0.39 is 0 Å². The van der Waals surface area contributed by atoms with Crippen molar-refractivity contribution in [2.45, 2.75) is 25.8 Å². The van der Waals surface area contributed by atoms with Crippen LogP contribution in [0.15, 0.2) is 42.5 Å². The summed E-state index contributed by atoms with van der Waals surface area (Å²) in [6.45, 7) is 4.57. The highest BCUT2D eigenvalue weighted by molar-refractivity contribution is 5.80. The third-order valence-corrected chi connectivity index (χ3v) is 4.10. The van der Waals surface area contributed by atoms with Crippen molar-refractivity contribution in [1.82, 2.24) is 4.90 Å². The summed E-state index contributed by atoms with van der Waals surface area (Å²) in [6, 6.07) is 16.0. The molecule has 19 heavy (non-hydrogen) atoms. The number of fused-ring (bicyclic) bond motifs is 3. The summed E-state index contributed by atoms with van der Waals surface area (Å²) >= 11 is 0. The van der Waals surface area contributed by atoms with E-state index in [2.05, 4.69) is 75.3 Å². The molecule has 1 aliphatic carbocycles. The maximum Gasteiger partial charge on any atom is 0.0611 e. The quantitative estimate of drug-likeness (QED) is 0.762. The lowest BCUT2D eigenvalue weighted by Gasteiger charge is -2.25. The Morgan fingerprint density at radius 3 is 2.26 bits per heavy atom. The number of hydrogen-bond acceptors (Lipinski definition) is 1. The van der Waals surface area contributed by atoms with Crippen molar-refractivity contribution in [2.75, 3.05) is 14.1 Å². The Morgan fingerprint density at radius 1 is 0.895 bits per heavy atom. The minimum atomic E-state index is 0.393. The molecule has 0 radical (unpaired) electrons. The summed E-state index contributed by atoms with van der Waals surface area (Å²) in [4.78, 5) is 2.33. The molecule has 0 saturated heterocycles. The first-order valence-corrected chi connectivity index (χ1v) is 6.99. The van der Waals surface area contributed by atoms with E-state index in [1.54, 1.807) is 0 Å². The number of rotatable bonds is 2. The van der Waals surface area contributed by atoms with Gasteiger partial charge in [0.2, 0.25) is 0 Å². The van der Waals surface area contributed by atoms with Crippen LogP contribution >= 0.6 is 0 Å². The van der Waals surface area contributed by atoms with Gasteiger partial charge in [0, 0.05) is 0 Å². The highest BCUT2D eigenvalue weighted by Gasteiger charge is 2.32. The van der Waals surface area contributed by atoms with Crippen molar-refractivity contribution >= 4 is 0 Å². The minimum Gasteiger partial charge on any atom is -0.298 e. The Balaban J connectivity index is 2.31. The summed E-state index contributed by atoms with van der Waals surface area (Å²) in [7, 11) is 4.35. The van der Waals surface area contributed by atoms with Crippen molar-refractivity contribution in [3.8, 4) is 11.1 Å². The maximum atomic E-state index is 2.33. The van der Waals surface area contributed by atoms with Crippen LogP contribution in [0, 0.1) is 0 Å². The summed E-state index contributed by atoms with van der Waals surface area (Å²) in [5, 5.41) is 0. The molecule has 1 unspecified atom stereocenters. The van der Waals surface area contributed by atoms with Crippen LogP contribution in [0.5, 0.6) is 0 Å². The van der Waals surface area contributed by atoms with E-state index in [1.165, 1.54) is 27.8 Å². The fourth-order valence-corrected chi connectivity index (χ4v) is 3.30. The smallest absolute Gasteiger partial charge is 0.0611 e. The molecule has 2 aromatic rings. The predicted octanol–water partition coefficient (Wildman–Crippen LogP) is 4.44. The van der Waals surface area contributed by atoms with Gasteiger partial charge < -0.3 is 0 Å². The summed E-state index contributed by atoms with van der Waals surface area (Å²) in [5.41, 5.74) is 7.24. The van der Waals surface area contributed by atoms with Crippen molar-refractivity contribution in [3.63, 3.8) is 0 Å². The first-order valence-electron chi connectivity index (χ1n) is 6.99. The second-order valence-electron chi connectivity index (χ2n) is 5.92. The lowest BCUT2D eigenvalue weighted by Crippen LogP contribution is -2.20. The zero-order valence-corrected chi connectivity index (χ0v) is 12.1. The largest absolute Gasteiger partial charge is 0.298 e. The van der Waals surface area contributed by atoms with Crippen molar-refractivity contribution in [2.24, 2.45) is 0 Å². The molecule has 0 fully saturated rings. The molecular weight excluding hydrogens is 230 g/mol. The Kier molecular flexibility index (Phi) is 2.94. The van der Waals surface area contributed by atoms with E-state index >= 15 is 0 Å². The summed E-state index contributed by atoms with van der Waals surface area (Å²) in [5.74, 6) is 0.562. The zero-order valence-electron chi connectivity index (χ0n) is 12.1. The molecule has 3 rings (SSSR count). The second-order valence-corrected chi connectivity index (χ2v) is 5.92. The van der Waals surface area contributed by atoms with Crippen LogP contribution in [0.3, 0.4) is 0 Å². The van der Waals surface area contributed by atoms with Gasteiger partial charge >= 0.3 is 0 Å². The first-order chi connectivity index (χ1) is 9.11. The standard InChI is InChI=1S/C18H21N/c1-12(2)13-10-7-11-15-14-8-5-6-9-16(14)18(17(13)15)19(3)4/h5-12,18H,1-4H3. The normalized spacial score (nSPS) is 16.8. The van der Waals surface area contributed by atoms with Crippen LogP contribution in [0.2, 0.25) is 0 Å². The fourth-order valence-electron chi connectivity index (χ4n) is 3.30. The molecule has 1 nitrogen and oxygen atoms in total. The van der Waals surface area contributed by atoms with Gasteiger partial charge in [-0.05, 0) is 47.8 Å². The molecule has 2 aromatic carbocycles. The number of benzene rings is 2. The molecule has 1 aliphatic rings. The van der Waals surface area contributed by atoms with Crippen LogP contribution in [0.1, 0.15) is 42.5 Å². The molecule has 0 spiro atoms. The first kappa shape index (κ1) is 12.4. The second kappa shape index (κ2) is 4.50. The van der Waals surface area contributed by atoms with E-state index in [-0.39, 0.29) is 0 Å². The average Bonchev–Trinajstić information content (AvgIpc) is 2.72. The van der Waals surface area contributed by atoms with Gasteiger partial charge in [-0.2, -0.15) is 0 Å². The van der Waals surface area contributed by atoms with E-state index in [4.69, 9.17) is 0 Å². The predicted molar refractivity (Wildman–Crippen MR) is 81.5 cm³/mol. The van der Waals surface area contributed by atoms with E-state index in [1.807, 2.05) is 0 Å². The molecule has 1 heteroatoms. The average molecular weight is 251 g/mol. The van der Waals surface area contributed by atoms with E-state index in [9.17, 15) is 0 Å². The molecule has 1 atom stereocenters. The van der Waals surface area contributed by atoms with Crippen molar-refractivity contribution < 1.29 is 0 Å². The third kappa shape index (κ3) is 1.81. The molecular formula is C18H21N. The van der Waals surface area contributed by atoms with Gasteiger partial charge in [-0.3, -0.25) is 4.90 Å². The molecule has 0 bridgehead atoms. The SMILES string of the molecule is CC(C)c1cccc2c1C(N(C)C)c1ccccc1-2. The topological polar surface area (TPSA) is 3.24 Å². The lowest BCUT2D eigenvalue weighted by atomic mass is 9.91. The van der Waals surface area contributed by atoms with Crippen LogP contribution in [-0.2, 0) is 0 Å². The molecule has 0 amide bonds. The molecule has 0 heterocycles. The Morgan fingerprint density at radius 2 is 1.58 bits per heavy atom. The zero-order chi connectivity index (χ0) is 13.6. The Hall–Kier alpha value is -1.60. The minimum absolute atomic E-state index is 0.393. The van der Waals surface area contributed by atoms with Crippen LogP contribution in [0.25, 0.3) is 11.1 Å². The molecule has 0 saturated carbocycles. The van der Waals surface area contributed by atoms with Gasteiger partial charge in [-0.15, -0.1) is 0 Å². The third-order valence-electron chi connectivity index (χ3n) is 4.10. The van der Waals surface area contributed by atoms with Gasteiger partial charge in [-0.1, -0.05) is 56.3 Å². The molecule has 0 aromatic heterocycles. The fraction of sp³-hybridized carbons (Fsp3) is 0.333. The number of hydrogen-bond donors (Lipinski definition) is 0. The van der Waals surface area contributed by atoms with Gasteiger partial charge in [0.15, 0.2) is 0 Å². The van der Waals surface area contributed by atoms with Gasteiger partial charge in [0.25, 0.3) is 0 Å². The lowest BCUT2D eigenvalue weighted by molar-refractivity contribution is 0.345. The summed E-state index contributed by atoms with van der Waals surface area (Å²) in [6.07, 6.45) is 0. The highest BCUT2D eigenvalue weighted by Crippen LogP contribution is 2.48. The van der Waals surface area contributed by atoms with Gasteiger partial charge in [0.05, 0.1) is 6.04 Å². The molecule has 0 N–H and O–H groups in total. The van der Waals surface area contributed by atoms with Gasteiger partial charge in [0.1, 0.15) is 0 Å².